The summed E-state index contributed by atoms with van der Waals surface area (Å²) in [5.74, 6) is -2.05. The van der Waals surface area contributed by atoms with Gasteiger partial charge in [-0.1, -0.05) is 12.1 Å². The second kappa shape index (κ2) is 5.32. The van der Waals surface area contributed by atoms with E-state index >= 15 is 0 Å². The average molecular weight is 282 g/mol. The van der Waals surface area contributed by atoms with Crippen LogP contribution in [0.25, 0.3) is 0 Å². The van der Waals surface area contributed by atoms with Gasteiger partial charge in [0.05, 0.1) is 11.1 Å². The first kappa shape index (κ1) is 14.0. The molecule has 0 aromatic heterocycles. The van der Waals surface area contributed by atoms with Gasteiger partial charge in [-0.3, -0.25) is 4.79 Å². The number of carbonyl (C=O) groups is 1. The van der Waals surface area contributed by atoms with Crippen molar-refractivity contribution < 1.29 is 22.4 Å². The van der Waals surface area contributed by atoms with E-state index < -0.39 is 29.0 Å². The zero-order chi connectivity index (χ0) is 14.8. The smallest absolute Gasteiger partial charge is 0.322 e. The van der Waals surface area contributed by atoms with Gasteiger partial charge in [0.2, 0.25) is 0 Å². The highest BCUT2D eigenvalue weighted by molar-refractivity contribution is 6.04. The first-order valence-electron chi connectivity index (χ1n) is 5.52. The number of anilines is 1. The Labute approximate surface area is 112 Å². The summed E-state index contributed by atoms with van der Waals surface area (Å²) in [5.41, 5.74) is -1.22. The van der Waals surface area contributed by atoms with Crippen molar-refractivity contribution in [2.45, 2.75) is 6.18 Å². The summed E-state index contributed by atoms with van der Waals surface area (Å²) >= 11 is 0. The quantitative estimate of drug-likeness (QED) is 0.832. The van der Waals surface area contributed by atoms with Gasteiger partial charge >= 0.3 is 6.18 Å². The van der Waals surface area contributed by atoms with Gasteiger partial charge in [-0.25, -0.2) is 4.39 Å². The van der Waals surface area contributed by atoms with Gasteiger partial charge in [0.1, 0.15) is 5.82 Å². The lowest BCUT2D eigenvalue weighted by atomic mass is 10.1. The number of hydrogen-bond donors (Lipinski definition) is 1. The van der Waals surface area contributed by atoms with Gasteiger partial charge in [-0.05, 0) is 36.4 Å². The molecule has 0 heterocycles. The van der Waals surface area contributed by atoms with Crippen LogP contribution in [0.2, 0.25) is 0 Å². The Morgan fingerprint density at radius 2 is 1.95 bits per heavy atom. The fraction of sp³-hybridized carbons (Fsp3) is 0.0714. The Morgan fingerprint density at radius 1 is 1.20 bits per heavy atom. The van der Waals surface area contributed by atoms with Gasteiger partial charge in [0, 0.05) is 5.69 Å². The van der Waals surface area contributed by atoms with Gasteiger partial charge in [-0.15, -0.1) is 0 Å². The number of rotatable bonds is 2. The Balaban J connectivity index is 2.23. The number of hydrogen-bond acceptors (Lipinski definition) is 1. The molecule has 0 bridgehead atoms. The molecule has 0 saturated heterocycles. The van der Waals surface area contributed by atoms with Crippen molar-refractivity contribution in [2.24, 2.45) is 0 Å². The van der Waals surface area contributed by atoms with Crippen molar-refractivity contribution in [3.8, 4) is 0 Å². The molecule has 0 fully saturated rings. The number of amides is 1. The molecule has 0 unspecified atom stereocenters. The second-order valence-corrected chi connectivity index (χ2v) is 3.94. The summed E-state index contributed by atoms with van der Waals surface area (Å²) < 4.78 is 50.7. The van der Waals surface area contributed by atoms with E-state index in [0.717, 1.165) is 6.07 Å². The van der Waals surface area contributed by atoms with Crippen LogP contribution in [-0.2, 0) is 6.18 Å². The molecule has 2 aromatic rings. The van der Waals surface area contributed by atoms with Gasteiger partial charge < -0.3 is 5.32 Å². The van der Waals surface area contributed by atoms with Gasteiger partial charge in [-0.2, -0.15) is 13.2 Å². The van der Waals surface area contributed by atoms with E-state index in [4.69, 9.17) is 0 Å². The summed E-state index contributed by atoms with van der Waals surface area (Å²) in [6, 6.07) is 10.7. The molecule has 0 atom stereocenters. The fourth-order valence-electron chi connectivity index (χ4n) is 1.55. The van der Waals surface area contributed by atoms with Crippen molar-refractivity contribution in [1.82, 2.24) is 0 Å². The minimum Gasteiger partial charge on any atom is -0.322 e. The SMILES string of the molecule is O=C(Nc1c[c]ccc1)c1ccc(C(F)(F)F)cc1F. The summed E-state index contributed by atoms with van der Waals surface area (Å²) in [7, 11) is 0. The molecule has 0 aliphatic carbocycles. The maximum atomic E-state index is 13.6. The third-order valence-electron chi connectivity index (χ3n) is 2.51. The minimum atomic E-state index is -4.65. The number of halogens is 4. The lowest BCUT2D eigenvalue weighted by Crippen LogP contribution is -2.15. The van der Waals surface area contributed by atoms with Gasteiger partial charge in [0.25, 0.3) is 5.91 Å². The summed E-state index contributed by atoms with van der Waals surface area (Å²) in [6.07, 6.45) is -4.65. The molecule has 2 rings (SSSR count). The topological polar surface area (TPSA) is 29.1 Å². The van der Waals surface area contributed by atoms with Crippen molar-refractivity contribution >= 4 is 11.6 Å². The Hall–Kier alpha value is -2.37. The molecule has 6 heteroatoms. The number of benzene rings is 2. The first-order valence-corrected chi connectivity index (χ1v) is 5.52. The summed E-state index contributed by atoms with van der Waals surface area (Å²) in [6.45, 7) is 0. The molecule has 1 radical (unpaired) electrons. The summed E-state index contributed by atoms with van der Waals surface area (Å²) in [5, 5.41) is 2.37. The molecule has 0 spiro atoms. The van der Waals surface area contributed by atoms with Crippen LogP contribution in [-0.4, -0.2) is 5.91 Å². The van der Waals surface area contributed by atoms with Crippen molar-refractivity contribution in [1.29, 1.82) is 0 Å². The zero-order valence-corrected chi connectivity index (χ0v) is 9.96. The van der Waals surface area contributed by atoms with E-state index in [1.165, 1.54) is 6.07 Å². The molecule has 0 saturated carbocycles. The van der Waals surface area contributed by atoms with Crippen LogP contribution in [0.3, 0.4) is 0 Å². The maximum absolute atomic E-state index is 13.6. The molecule has 0 aliphatic heterocycles. The Kier molecular flexibility index (Phi) is 3.74. The number of alkyl halides is 3. The molecular weight excluding hydrogens is 274 g/mol. The van der Waals surface area contributed by atoms with Crippen molar-refractivity contribution in [3.05, 3.63) is 65.5 Å². The molecule has 103 valence electrons. The number of nitrogens with one attached hydrogen (secondary N) is 1. The molecule has 1 N–H and O–H groups in total. The van der Waals surface area contributed by atoms with E-state index in [1.807, 2.05) is 0 Å². The molecule has 2 aromatic carbocycles. The monoisotopic (exact) mass is 282 g/mol. The molecule has 20 heavy (non-hydrogen) atoms. The van der Waals surface area contributed by atoms with Crippen LogP contribution >= 0.6 is 0 Å². The Bertz CT molecular complexity index is 623. The molecule has 0 aliphatic rings. The minimum absolute atomic E-state index is 0.298. The number of carbonyl (C=O) groups excluding carboxylic acids is 1. The first-order chi connectivity index (χ1) is 9.38. The lowest BCUT2D eigenvalue weighted by Gasteiger charge is -2.09. The van der Waals surface area contributed by atoms with Crippen molar-refractivity contribution in [3.63, 3.8) is 0 Å². The highest BCUT2D eigenvalue weighted by atomic mass is 19.4. The lowest BCUT2D eigenvalue weighted by molar-refractivity contribution is -0.137. The fourth-order valence-corrected chi connectivity index (χ4v) is 1.55. The van der Waals surface area contributed by atoms with E-state index in [9.17, 15) is 22.4 Å². The van der Waals surface area contributed by atoms with E-state index in [-0.39, 0.29) is 0 Å². The summed E-state index contributed by atoms with van der Waals surface area (Å²) in [4.78, 5) is 11.7. The second-order valence-electron chi connectivity index (χ2n) is 3.94. The third kappa shape index (κ3) is 3.14. The van der Waals surface area contributed by atoms with Crippen LogP contribution in [0.15, 0.2) is 42.5 Å². The highest BCUT2D eigenvalue weighted by Gasteiger charge is 2.31. The van der Waals surface area contributed by atoms with Crippen LogP contribution < -0.4 is 5.32 Å². The van der Waals surface area contributed by atoms with Crippen LogP contribution in [0, 0.1) is 11.9 Å². The molecular formula is C14H8F4NO. The zero-order valence-electron chi connectivity index (χ0n) is 9.96. The van der Waals surface area contributed by atoms with Crippen LogP contribution in [0.5, 0.6) is 0 Å². The predicted molar refractivity (Wildman–Crippen MR) is 64.6 cm³/mol. The van der Waals surface area contributed by atoms with Crippen LogP contribution in [0.4, 0.5) is 23.2 Å². The predicted octanol–water partition coefficient (Wildman–Crippen LogP) is 3.90. The van der Waals surface area contributed by atoms with Crippen LogP contribution in [0.1, 0.15) is 15.9 Å². The Morgan fingerprint density at radius 3 is 2.50 bits per heavy atom. The molecule has 2 nitrogen and oxygen atoms in total. The average Bonchev–Trinajstić information content (AvgIpc) is 2.38. The highest BCUT2D eigenvalue weighted by Crippen LogP contribution is 2.30. The molecule has 1 amide bonds. The van der Waals surface area contributed by atoms with E-state index in [1.54, 1.807) is 18.2 Å². The largest absolute Gasteiger partial charge is 0.416 e. The third-order valence-corrected chi connectivity index (χ3v) is 2.51. The van der Waals surface area contributed by atoms with E-state index in [0.29, 0.717) is 17.8 Å². The standard InChI is InChI=1S/C14H8F4NO/c15-12-8-9(14(16,17)18)6-7-11(12)13(20)19-10-4-2-1-3-5-10/h1-2,4-8H,(H,19,20). The van der Waals surface area contributed by atoms with Crippen molar-refractivity contribution in [2.75, 3.05) is 5.32 Å². The van der Waals surface area contributed by atoms with E-state index in [2.05, 4.69) is 11.4 Å². The maximum Gasteiger partial charge on any atom is 0.416 e. The normalized spacial score (nSPS) is 11.2. The van der Waals surface area contributed by atoms with Gasteiger partial charge in [0.15, 0.2) is 0 Å².